The van der Waals surface area contributed by atoms with Crippen molar-refractivity contribution in [2.75, 3.05) is 13.1 Å². The molecular formula is C13H27N3. The molecule has 0 fully saturated rings. The van der Waals surface area contributed by atoms with Gasteiger partial charge < -0.3 is 10.6 Å². The van der Waals surface area contributed by atoms with Crippen LogP contribution in [0.15, 0.2) is 4.99 Å². The van der Waals surface area contributed by atoms with Gasteiger partial charge in [-0.3, -0.25) is 4.99 Å². The molecule has 1 aliphatic heterocycles. The molecule has 0 bridgehead atoms. The summed E-state index contributed by atoms with van der Waals surface area (Å²) < 4.78 is 0. The van der Waals surface area contributed by atoms with Gasteiger partial charge in [0.15, 0.2) is 5.96 Å². The second-order valence-electron chi connectivity index (χ2n) is 5.40. The average Bonchev–Trinajstić information content (AvgIpc) is 2.48. The molecule has 0 aromatic heterocycles. The molecule has 0 unspecified atom stereocenters. The van der Waals surface area contributed by atoms with Crippen molar-refractivity contribution in [2.24, 2.45) is 16.6 Å². The van der Waals surface area contributed by atoms with Gasteiger partial charge in [-0.05, 0) is 18.8 Å². The van der Waals surface area contributed by atoms with Gasteiger partial charge in [-0.25, -0.2) is 0 Å². The van der Waals surface area contributed by atoms with Crippen LogP contribution in [0.1, 0.15) is 53.4 Å². The molecule has 0 atom stereocenters. The third-order valence-electron chi connectivity index (χ3n) is 3.36. The van der Waals surface area contributed by atoms with E-state index in [0.717, 1.165) is 19.0 Å². The van der Waals surface area contributed by atoms with Gasteiger partial charge in [0, 0.05) is 6.54 Å². The average molecular weight is 225 g/mol. The number of aliphatic imine (C=N–C) groups is 1. The van der Waals surface area contributed by atoms with E-state index in [2.05, 4.69) is 37.6 Å². The van der Waals surface area contributed by atoms with Crippen LogP contribution in [-0.2, 0) is 0 Å². The van der Waals surface area contributed by atoms with Crippen molar-refractivity contribution >= 4 is 5.96 Å². The Balaban J connectivity index is 2.81. The molecule has 1 aliphatic rings. The third kappa shape index (κ3) is 2.69. The molecule has 0 spiro atoms. The zero-order valence-corrected chi connectivity index (χ0v) is 11.3. The first-order valence-corrected chi connectivity index (χ1v) is 6.63. The predicted octanol–water partition coefficient (Wildman–Crippen LogP) is 2.61. The Labute approximate surface area is 100 Å². The molecule has 0 saturated carbocycles. The summed E-state index contributed by atoms with van der Waals surface area (Å²) in [4.78, 5) is 6.85. The number of nitrogens with zero attached hydrogens (tertiary/aromatic N) is 2. The summed E-state index contributed by atoms with van der Waals surface area (Å²) in [7, 11) is 0. The molecule has 2 N–H and O–H groups in total. The Hall–Kier alpha value is -0.730. The molecule has 1 heterocycles. The molecule has 0 radical (unpaired) electrons. The molecule has 16 heavy (non-hydrogen) atoms. The molecule has 1 rings (SSSR count). The lowest BCUT2D eigenvalue weighted by atomic mass is 9.87. The van der Waals surface area contributed by atoms with Crippen molar-refractivity contribution in [3.8, 4) is 0 Å². The van der Waals surface area contributed by atoms with Crippen molar-refractivity contribution in [3.05, 3.63) is 0 Å². The number of guanidine groups is 1. The topological polar surface area (TPSA) is 41.6 Å². The van der Waals surface area contributed by atoms with E-state index in [1.54, 1.807) is 0 Å². The van der Waals surface area contributed by atoms with Gasteiger partial charge in [0.2, 0.25) is 0 Å². The number of hydrogen-bond donors (Lipinski definition) is 1. The maximum Gasteiger partial charge on any atom is 0.191 e. The zero-order valence-electron chi connectivity index (χ0n) is 11.3. The molecule has 94 valence electrons. The summed E-state index contributed by atoms with van der Waals surface area (Å²) in [5, 5.41) is 0. The monoisotopic (exact) mass is 225 g/mol. The summed E-state index contributed by atoms with van der Waals surface area (Å²) in [6, 6.07) is 0. The Morgan fingerprint density at radius 3 is 2.31 bits per heavy atom. The number of rotatable bonds is 6. The van der Waals surface area contributed by atoms with Crippen LogP contribution in [0, 0.1) is 5.92 Å². The van der Waals surface area contributed by atoms with Gasteiger partial charge >= 0.3 is 0 Å². The lowest BCUT2D eigenvalue weighted by molar-refractivity contribution is 0.155. The van der Waals surface area contributed by atoms with Crippen LogP contribution in [-0.4, -0.2) is 29.5 Å². The van der Waals surface area contributed by atoms with E-state index in [-0.39, 0.29) is 5.54 Å². The Morgan fingerprint density at radius 1 is 1.31 bits per heavy atom. The summed E-state index contributed by atoms with van der Waals surface area (Å²) in [6.45, 7) is 10.9. The fourth-order valence-electron chi connectivity index (χ4n) is 2.78. The molecule has 0 saturated heterocycles. The van der Waals surface area contributed by atoms with Gasteiger partial charge in [0.1, 0.15) is 0 Å². The predicted molar refractivity (Wildman–Crippen MR) is 70.6 cm³/mol. The van der Waals surface area contributed by atoms with Gasteiger partial charge in [-0.2, -0.15) is 0 Å². The van der Waals surface area contributed by atoms with Crippen LogP contribution >= 0.6 is 0 Å². The van der Waals surface area contributed by atoms with Crippen LogP contribution in [0.25, 0.3) is 0 Å². The molecule has 3 nitrogen and oxygen atoms in total. The normalized spacial score (nSPS) is 19.3. The van der Waals surface area contributed by atoms with Crippen molar-refractivity contribution in [1.82, 2.24) is 4.90 Å². The van der Waals surface area contributed by atoms with E-state index >= 15 is 0 Å². The van der Waals surface area contributed by atoms with E-state index in [1.165, 1.54) is 25.7 Å². The highest BCUT2D eigenvalue weighted by atomic mass is 15.4. The maximum atomic E-state index is 6.04. The second-order valence-corrected chi connectivity index (χ2v) is 5.40. The number of nitrogens with two attached hydrogens (primary N) is 1. The lowest BCUT2D eigenvalue weighted by Gasteiger charge is -2.40. The molecule has 0 aliphatic carbocycles. The van der Waals surface area contributed by atoms with Gasteiger partial charge in [0.25, 0.3) is 0 Å². The summed E-state index contributed by atoms with van der Waals surface area (Å²) in [5.74, 6) is 1.40. The van der Waals surface area contributed by atoms with Crippen LogP contribution in [0.2, 0.25) is 0 Å². The minimum atomic E-state index is 0.220. The highest BCUT2D eigenvalue weighted by Crippen LogP contribution is 2.32. The summed E-state index contributed by atoms with van der Waals surface area (Å²) >= 11 is 0. The molecule has 0 aromatic rings. The smallest absolute Gasteiger partial charge is 0.191 e. The quantitative estimate of drug-likeness (QED) is 0.755. The Kier molecular flexibility index (Phi) is 4.63. The maximum absolute atomic E-state index is 6.04. The molecule has 0 amide bonds. The molecule has 0 aromatic carbocycles. The summed E-state index contributed by atoms with van der Waals surface area (Å²) in [5.41, 5.74) is 6.26. The molecular weight excluding hydrogens is 198 g/mol. The SMILES string of the molecule is CCCC1(CCC)CN=C(N)N1CC(C)C. The first-order valence-electron chi connectivity index (χ1n) is 6.63. The second kappa shape index (κ2) is 5.55. The van der Waals surface area contributed by atoms with Crippen LogP contribution in [0.4, 0.5) is 0 Å². The van der Waals surface area contributed by atoms with Gasteiger partial charge in [-0.1, -0.05) is 40.5 Å². The highest BCUT2D eigenvalue weighted by molar-refractivity contribution is 5.81. The van der Waals surface area contributed by atoms with Crippen LogP contribution < -0.4 is 5.73 Å². The zero-order chi connectivity index (χ0) is 12.2. The standard InChI is InChI=1S/C13H27N3/c1-5-7-13(8-6-2)10-15-12(14)16(13)9-11(3)4/h11H,5-10H2,1-4H3,(H2,14,15). The van der Waals surface area contributed by atoms with Crippen molar-refractivity contribution in [3.63, 3.8) is 0 Å². The Bertz CT molecular complexity index is 240. The number of hydrogen-bond acceptors (Lipinski definition) is 3. The van der Waals surface area contributed by atoms with E-state index in [0.29, 0.717) is 5.92 Å². The van der Waals surface area contributed by atoms with Crippen molar-refractivity contribution < 1.29 is 0 Å². The van der Waals surface area contributed by atoms with Gasteiger partial charge in [-0.15, -0.1) is 0 Å². The Morgan fingerprint density at radius 2 is 1.88 bits per heavy atom. The van der Waals surface area contributed by atoms with E-state index in [1.807, 2.05) is 0 Å². The lowest BCUT2D eigenvalue weighted by Crippen LogP contribution is -2.52. The fourth-order valence-corrected chi connectivity index (χ4v) is 2.78. The first kappa shape index (κ1) is 13.3. The minimum absolute atomic E-state index is 0.220. The summed E-state index contributed by atoms with van der Waals surface area (Å²) in [6.07, 6.45) is 4.82. The fraction of sp³-hybridized carbons (Fsp3) is 0.923. The van der Waals surface area contributed by atoms with E-state index in [4.69, 9.17) is 5.73 Å². The van der Waals surface area contributed by atoms with Gasteiger partial charge in [0.05, 0.1) is 12.1 Å². The van der Waals surface area contributed by atoms with Crippen molar-refractivity contribution in [2.45, 2.75) is 58.9 Å². The van der Waals surface area contributed by atoms with E-state index < -0.39 is 0 Å². The third-order valence-corrected chi connectivity index (χ3v) is 3.36. The largest absolute Gasteiger partial charge is 0.370 e. The van der Waals surface area contributed by atoms with E-state index in [9.17, 15) is 0 Å². The van der Waals surface area contributed by atoms with Crippen LogP contribution in [0.3, 0.4) is 0 Å². The molecule has 3 heteroatoms. The highest BCUT2D eigenvalue weighted by Gasteiger charge is 2.40. The van der Waals surface area contributed by atoms with Crippen molar-refractivity contribution in [1.29, 1.82) is 0 Å². The minimum Gasteiger partial charge on any atom is -0.370 e. The first-order chi connectivity index (χ1) is 7.55. The van der Waals surface area contributed by atoms with Crippen LogP contribution in [0.5, 0.6) is 0 Å².